The Morgan fingerprint density at radius 3 is 2.82 bits per heavy atom. The lowest BCUT2D eigenvalue weighted by atomic mass is 9.93. The highest BCUT2D eigenvalue weighted by Gasteiger charge is 2.28. The van der Waals surface area contributed by atoms with Crippen LogP contribution in [0.5, 0.6) is 0 Å². The zero-order chi connectivity index (χ0) is 19.7. The number of aromatic nitrogens is 1. The number of anilines is 1. The summed E-state index contributed by atoms with van der Waals surface area (Å²) in [6.45, 7) is 3.54. The van der Waals surface area contributed by atoms with Crippen molar-refractivity contribution >= 4 is 34.0 Å². The Labute approximate surface area is 164 Å². The molecule has 2 N–H and O–H groups in total. The first kappa shape index (κ1) is 18.2. The van der Waals surface area contributed by atoms with Gasteiger partial charge in [-0.05, 0) is 32.8 Å². The van der Waals surface area contributed by atoms with Crippen molar-refractivity contribution in [2.45, 2.75) is 33.1 Å². The van der Waals surface area contributed by atoms with Gasteiger partial charge < -0.3 is 8.83 Å². The highest BCUT2D eigenvalue weighted by Crippen LogP contribution is 2.30. The maximum absolute atomic E-state index is 12.6. The molecule has 0 atom stereocenters. The van der Waals surface area contributed by atoms with Gasteiger partial charge in [0.25, 0.3) is 11.8 Å². The van der Waals surface area contributed by atoms with Crippen LogP contribution < -0.4 is 10.7 Å². The minimum absolute atomic E-state index is 0.242. The van der Waals surface area contributed by atoms with Crippen LogP contribution in [0.2, 0.25) is 0 Å². The number of amides is 2. The van der Waals surface area contributed by atoms with E-state index in [9.17, 15) is 9.59 Å². The average Bonchev–Trinajstić information content (AvgIpc) is 3.41. The molecule has 3 aromatic rings. The van der Waals surface area contributed by atoms with Gasteiger partial charge in [0.05, 0.1) is 17.5 Å². The van der Waals surface area contributed by atoms with Gasteiger partial charge in [0.1, 0.15) is 11.5 Å². The van der Waals surface area contributed by atoms with Gasteiger partial charge in [-0.3, -0.25) is 14.9 Å². The molecule has 2 amide bonds. The number of hydrogen-bond donors (Lipinski definition) is 2. The average molecular weight is 398 g/mol. The molecule has 144 valence electrons. The molecule has 4 rings (SSSR count). The Balaban J connectivity index is 1.58. The minimum atomic E-state index is -0.348. The first-order valence-electron chi connectivity index (χ1n) is 8.79. The van der Waals surface area contributed by atoms with E-state index in [0.29, 0.717) is 46.3 Å². The molecule has 0 saturated heterocycles. The van der Waals surface area contributed by atoms with Gasteiger partial charge in [0.2, 0.25) is 0 Å². The fourth-order valence-electron chi connectivity index (χ4n) is 3.23. The largest absolute Gasteiger partial charge is 0.469 e. The van der Waals surface area contributed by atoms with Crippen molar-refractivity contribution in [1.29, 1.82) is 0 Å². The van der Waals surface area contributed by atoms with Crippen LogP contribution in [-0.4, -0.2) is 22.5 Å². The SMILES string of the molecule is Cc1occc1C(=O)N/N=C1\CCCc2oc(C(=O)Nc3nccs3)c(C)c21. The second kappa shape index (κ2) is 7.43. The molecule has 0 unspecified atom stereocenters. The standard InChI is InChI=1S/C19H18N4O4S/c1-10-15-13(22-23-17(24)12-6-8-26-11(12)2)4-3-5-14(15)27-16(10)18(25)21-19-20-7-9-28-19/h6-9H,3-5H2,1-2H3,(H,23,24)(H,20,21,25)/b22-13+. The normalized spacial score (nSPS) is 14.7. The third-order valence-corrected chi connectivity index (χ3v) is 5.27. The van der Waals surface area contributed by atoms with E-state index in [-0.39, 0.29) is 17.6 Å². The summed E-state index contributed by atoms with van der Waals surface area (Å²) in [4.78, 5) is 28.9. The molecule has 0 saturated carbocycles. The summed E-state index contributed by atoms with van der Waals surface area (Å²) >= 11 is 1.33. The molecule has 3 aromatic heterocycles. The molecule has 28 heavy (non-hydrogen) atoms. The summed E-state index contributed by atoms with van der Waals surface area (Å²) in [7, 11) is 0. The number of aryl methyl sites for hydroxylation is 2. The number of nitrogens with zero attached hydrogens (tertiary/aromatic N) is 2. The van der Waals surface area contributed by atoms with Crippen LogP contribution >= 0.6 is 11.3 Å². The van der Waals surface area contributed by atoms with Crippen LogP contribution in [-0.2, 0) is 6.42 Å². The Bertz CT molecular complexity index is 1060. The van der Waals surface area contributed by atoms with Gasteiger partial charge in [0, 0.05) is 29.1 Å². The van der Waals surface area contributed by atoms with E-state index in [1.54, 1.807) is 24.6 Å². The molecule has 3 heterocycles. The van der Waals surface area contributed by atoms with Crippen molar-refractivity contribution in [2.24, 2.45) is 5.10 Å². The number of thiazole rings is 1. The van der Waals surface area contributed by atoms with Crippen LogP contribution in [0.3, 0.4) is 0 Å². The topological polar surface area (TPSA) is 110 Å². The number of hydrazone groups is 1. The smallest absolute Gasteiger partial charge is 0.293 e. The first-order valence-corrected chi connectivity index (χ1v) is 9.67. The number of fused-ring (bicyclic) bond motifs is 1. The van der Waals surface area contributed by atoms with Crippen LogP contribution in [0.4, 0.5) is 5.13 Å². The Kier molecular flexibility index (Phi) is 4.82. The number of carbonyl (C=O) groups excluding carboxylic acids is 2. The van der Waals surface area contributed by atoms with E-state index in [4.69, 9.17) is 8.83 Å². The lowest BCUT2D eigenvalue weighted by Crippen LogP contribution is -2.22. The van der Waals surface area contributed by atoms with Crippen molar-refractivity contribution in [3.63, 3.8) is 0 Å². The van der Waals surface area contributed by atoms with Gasteiger partial charge >= 0.3 is 0 Å². The fraction of sp³-hybridized carbons (Fsp3) is 0.263. The molecule has 0 fully saturated rings. The summed E-state index contributed by atoms with van der Waals surface area (Å²) in [6.07, 6.45) is 5.31. The van der Waals surface area contributed by atoms with Crippen molar-refractivity contribution in [2.75, 3.05) is 5.32 Å². The van der Waals surface area contributed by atoms with Crippen LogP contribution in [0.1, 0.15) is 56.4 Å². The predicted molar refractivity (Wildman–Crippen MR) is 104 cm³/mol. The van der Waals surface area contributed by atoms with Crippen LogP contribution in [0.15, 0.2) is 37.8 Å². The molecule has 0 bridgehead atoms. The number of carbonyl (C=O) groups is 2. The Morgan fingerprint density at radius 2 is 2.11 bits per heavy atom. The summed E-state index contributed by atoms with van der Waals surface area (Å²) < 4.78 is 11.0. The number of hydrogen-bond acceptors (Lipinski definition) is 7. The number of nitrogens with one attached hydrogen (secondary N) is 2. The van der Waals surface area contributed by atoms with E-state index in [2.05, 4.69) is 20.8 Å². The quantitative estimate of drug-likeness (QED) is 0.652. The molecular weight excluding hydrogens is 380 g/mol. The zero-order valence-corrected chi connectivity index (χ0v) is 16.2. The Morgan fingerprint density at radius 1 is 1.25 bits per heavy atom. The molecule has 9 heteroatoms. The summed E-state index contributed by atoms with van der Waals surface area (Å²) in [6, 6.07) is 1.60. The highest BCUT2D eigenvalue weighted by molar-refractivity contribution is 7.13. The third kappa shape index (κ3) is 3.36. The van der Waals surface area contributed by atoms with Gasteiger partial charge in [0.15, 0.2) is 10.9 Å². The molecule has 1 aliphatic carbocycles. The molecule has 1 aliphatic rings. The van der Waals surface area contributed by atoms with Gasteiger partial charge in [-0.2, -0.15) is 5.10 Å². The molecule has 0 radical (unpaired) electrons. The molecule has 0 aliphatic heterocycles. The summed E-state index contributed by atoms with van der Waals surface area (Å²) in [5.74, 6) is 0.794. The lowest BCUT2D eigenvalue weighted by molar-refractivity contribution is 0.0952. The maximum atomic E-state index is 12.6. The van der Waals surface area contributed by atoms with Gasteiger partial charge in [-0.15, -0.1) is 11.3 Å². The number of furan rings is 2. The molecule has 0 spiro atoms. The van der Waals surface area contributed by atoms with Gasteiger partial charge in [-0.25, -0.2) is 10.4 Å². The first-order chi connectivity index (χ1) is 13.5. The predicted octanol–water partition coefficient (Wildman–Crippen LogP) is 3.67. The zero-order valence-electron chi connectivity index (χ0n) is 15.4. The second-order valence-corrected chi connectivity index (χ2v) is 7.28. The highest BCUT2D eigenvalue weighted by atomic mass is 32.1. The van der Waals surface area contributed by atoms with Crippen LogP contribution in [0, 0.1) is 13.8 Å². The summed E-state index contributed by atoms with van der Waals surface area (Å²) in [5.41, 5.74) is 5.21. The van der Waals surface area contributed by atoms with Crippen molar-refractivity contribution in [3.8, 4) is 0 Å². The monoisotopic (exact) mass is 398 g/mol. The number of rotatable bonds is 4. The van der Waals surface area contributed by atoms with E-state index < -0.39 is 0 Å². The van der Waals surface area contributed by atoms with Crippen molar-refractivity contribution < 1.29 is 18.4 Å². The van der Waals surface area contributed by atoms with Crippen molar-refractivity contribution in [3.05, 3.63) is 57.9 Å². The van der Waals surface area contributed by atoms with E-state index in [1.165, 1.54) is 17.6 Å². The van der Waals surface area contributed by atoms with Gasteiger partial charge in [-0.1, -0.05) is 0 Å². The van der Waals surface area contributed by atoms with E-state index in [0.717, 1.165) is 12.0 Å². The molecular formula is C19H18N4O4S. The summed E-state index contributed by atoms with van der Waals surface area (Å²) in [5, 5.41) is 9.33. The third-order valence-electron chi connectivity index (χ3n) is 4.58. The molecule has 8 nitrogen and oxygen atoms in total. The Hall–Kier alpha value is -3.20. The van der Waals surface area contributed by atoms with Crippen LogP contribution in [0.25, 0.3) is 0 Å². The van der Waals surface area contributed by atoms with Crippen molar-refractivity contribution in [1.82, 2.24) is 10.4 Å². The lowest BCUT2D eigenvalue weighted by Gasteiger charge is -2.13. The second-order valence-electron chi connectivity index (χ2n) is 6.39. The van der Waals surface area contributed by atoms with E-state index in [1.807, 2.05) is 6.92 Å². The maximum Gasteiger partial charge on any atom is 0.293 e. The fourth-order valence-corrected chi connectivity index (χ4v) is 3.76. The minimum Gasteiger partial charge on any atom is -0.469 e. The molecule has 0 aromatic carbocycles. The van der Waals surface area contributed by atoms with E-state index >= 15 is 0 Å².